The number of sulfonamides is 1. The first kappa shape index (κ1) is 18.6. The number of hydrogen-bond acceptors (Lipinski definition) is 6. The Morgan fingerprint density at radius 1 is 1.11 bits per heavy atom. The highest BCUT2D eigenvalue weighted by atomic mass is 32.2. The van der Waals surface area contributed by atoms with E-state index in [4.69, 9.17) is 9.26 Å². The monoisotopic (exact) mass is 399 g/mol. The van der Waals surface area contributed by atoms with E-state index in [1.54, 1.807) is 37.4 Å². The summed E-state index contributed by atoms with van der Waals surface area (Å²) in [5, 5.41) is 4.11. The molecule has 0 saturated carbocycles. The smallest absolute Gasteiger partial charge is 0.257 e. The SMILES string of the molecule is COc1ccc(-c2nc(C3CCCN(S(=O)(=O)c4ccccc4)C3)no2)cc1. The van der Waals surface area contributed by atoms with Crippen LogP contribution in [-0.2, 0) is 10.0 Å². The van der Waals surface area contributed by atoms with Crippen molar-refractivity contribution in [2.45, 2.75) is 23.7 Å². The summed E-state index contributed by atoms with van der Waals surface area (Å²) >= 11 is 0. The van der Waals surface area contributed by atoms with Crippen LogP contribution >= 0.6 is 0 Å². The van der Waals surface area contributed by atoms with Gasteiger partial charge in [-0.15, -0.1) is 0 Å². The fourth-order valence-electron chi connectivity index (χ4n) is 3.36. The fraction of sp³-hybridized carbons (Fsp3) is 0.300. The van der Waals surface area contributed by atoms with Gasteiger partial charge in [-0.05, 0) is 49.2 Å². The summed E-state index contributed by atoms with van der Waals surface area (Å²) in [5.41, 5.74) is 0.795. The lowest BCUT2D eigenvalue weighted by Crippen LogP contribution is -2.39. The Hall–Kier alpha value is -2.71. The maximum absolute atomic E-state index is 12.9. The Balaban J connectivity index is 1.53. The molecule has 0 radical (unpaired) electrons. The van der Waals surface area contributed by atoms with Crippen molar-refractivity contribution in [1.82, 2.24) is 14.4 Å². The minimum Gasteiger partial charge on any atom is -0.497 e. The molecule has 4 rings (SSSR count). The highest BCUT2D eigenvalue weighted by Crippen LogP contribution is 2.30. The molecule has 1 aromatic heterocycles. The molecular formula is C20H21N3O4S. The number of nitrogens with zero attached hydrogens (tertiary/aromatic N) is 3. The Kier molecular flexibility index (Phi) is 5.15. The molecule has 7 nitrogen and oxygen atoms in total. The summed E-state index contributed by atoms with van der Waals surface area (Å²) in [6.45, 7) is 0.843. The van der Waals surface area contributed by atoms with Crippen molar-refractivity contribution in [2.24, 2.45) is 0 Å². The second kappa shape index (κ2) is 7.73. The number of methoxy groups -OCH3 is 1. The maximum atomic E-state index is 12.9. The van der Waals surface area contributed by atoms with E-state index in [0.717, 1.165) is 24.2 Å². The van der Waals surface area contributed by atoms with E-state index < -0.39 is 10.0 Å². The first-order chi connectivity index (χ1) is 13.6. The first-order valence-corrected chi connectivity index (χ1v) is 10.5. The normalized spacial score (nSPS) is 18.1. The van der Waals surface area contributed by atoms with Crippen LogP contribution in [0.2, 0.25) is 0 Å². The third-order valence-electron chi connectivity index (χ3n) is 4.91. The van der Waals surface area contributed by atoms with Gasteiger partial charge in [-0.3, -0.25) is 0 Å². The number of piperidine rings is 1. The molecule has 1 unspecified atom stereocenters. The van der Waals surface area contributed by atoms with Gasteiger partial charge < -0.3 is 9.26 Å². The topological polar surface area (TPSA) is 85.5 Å². The molecular weight excluding hydrogens is 378 g/mol. The molecule has 0 aliphatic carbocycles. The van der Waals surface area contributed by atoms with E-state index in [1.807, 2.05) is 24.3 Å². The van der Waals surface area contributed by atoms with E-state index in [2.05, 4.69) is 10.1 Å². The number of hydrogen-bond donors (Lipinski definition) is 0. The highest BCUT2D eigenvalue weighted by Gasteiger charge is 2.32. The largest absolute Gasteiger partial charge is 0.497 e. The van der Waals surface area contributed by atoms with Gasteiger partial charge in [0.15, 0.2) is 5.82 Å². The van der Waals surface area contributed by atoms with Crippen molar-refractivity contribution >= 4 is 10.0 Å². The molecule has 28 heavy (non-hydrogen) atoms. The van der Waals surface area contributed by atoms with Gasteiger partial charge in [-0.1, -0.05) is 23.4 Å². The number of ether oxygens (including phenoxy) is 1. The van der Waals surface area contributed by atoms with Crippen LogP contribution in [0.3, 0.4) is 0 Å². The summed E-state index contributed by atoms with van der Waals surface area (Å²) in [5.74, 6) is 1.61. The molecule has 0 bridgehead atoms. The molecule has 2 aromatic carbocycles. The van der Waals surface area contributed by atoms with Gasteiger partial charge in [0.25, 0.3) is 5.89 Å². The molecule has 1 atom stereocenters. The van der Waals surface area contributed by atoms with Crippen molar-refractivity contribution in [3.05, 3.63) is 60.4 Å². The molecule has 1 aliphatic heterocycles. The Labute approximate surface area is 164 Å². The second-order valence-corrected chi connectivity index (χ2v) is 8.64. The third-order valence-corrected chi connectivity index (χ3v) is 6.79. The standard InChI is InChI=1S/C20H21N3O4S/c1-26-17-11-9-15(10-12-17)20-21-19(22-27-20)16-6-5-13-23(14-16)28(24,25)18-7-3-2-4-8-18/h2-4,7-12,16H,5-6,13-14H2,1H3. The minimum absolute atomic E-state index is 0.0945. The van der Waals surface area contributed by atoms with Crippen LogP contribution in [0.4, 0.5) is 0 Å². The predicted molar refractivity (Wildman–Crippen MR) is 103 cm³/mol. The van der Waals surface area contributed by atoms with Gasteiger partial charge in [-0.2, -0.15) is 9.29 Å². The van der Waals surface area contributed by atoms with Crippen molar-refractivity contribution in [1.29, 1.82) is 0 Å². The number of aromatic nitrogens is 2. The van der Waals surface area contributed by atoms with Crippen LogP contribution < -0.4 is 4.74 Å². The van der Waals surface area contributed by atoms with E-state index >= 15 is 0 Å². The molecule has 146 valence electrons. The van der Waals surface area contributed by atoms with E-state index in [9.17, 15) is 8.42 Å². The van der Waals surface area contributed by atoms with Gasteiger partial charge in [0.1, 0.15) is 5.75 Å². The molecule has 0 N–H and O–H groups in total. The number of benzene rings is 2. The fourth-order valence-corrected chi connectivity index (χ4v) is 4.91. The van der Waals surface area contributed by atoms with Gasteiger partial charge in [0, 0.05) is 24.6 Å². The second-order valence-electron chi connectivity index (χ2n) is 6.70. The van der Waals surface area contributed by atoms with E-state index in [1.165, 1.54) is 4.31 Å². The Bertz CT molecular complexity index is 1030. The lowest BCUT2D eigenvalue weighted by molar-refractivity contribution is 0.302. The predicted octanol–water partition coefficient (Wildman–Crippen LogP) is 3.31. The lowest BCUT2D eigenvalue weighted by atomic mass is 9.99. The van der Waals surface area contributed by atoms with E-state index in [0.29, 0.717) is 29.7 Å². The zero-order chi connectivity index (χ0) is 19.6. The first-order valence-electron chi connectivity index (χ1n) is 9.11. The van der Waals surface area contributed by atoms with Crippen LogP contribution in [0, 0.1) is 0 Å². The van der Waals surface area contributed by atoms with Gasteiger partial charge in [0.2, 0.25) is 10.0 Å². The quantitative estimate of drug-likeness (QED) is 0.654. The zero-order valence-electron chi connectivity index (χ0n) is 15.5. The van der Waals surface area contributed by atoms with Crippen LogP contribution in [0.25, 0.3) is 11.5 Å². The Morgan fingerprint density at radius 2 is 1.86 bits per heavy atom. The zero-order valence-corrected chi connectivity index (χ0v) is 16.3. The number of rotatable bonds is 5. The molecule has 0 spiro atoms. The maximum Gasteiger partial charge on any atom is 0.257 e. The molecule has 8 heteroatoms. The molecule has 1 saturated heterocycles. The van der Waals surface area contributed by atoms with Crippen molar-refractivity contribution in [3.63, 3.8) is 0 Å². The average Bonchev–Trinajstić information content (AvgIpc) is 3.25. The summed E-state index contributed by atoms with van der Waals surface area (Å²) in [7, 11) is -1.91. The van der Waals surface area contributed by atoms with Crippen LogP contribution in [0.1, 0.15) is 24.6 Å². The summed E-state index contributed by atoms with van der Waals surface area (Å²) in [4.78, 5) is 4.82. The minimum atomic E-state index is -3.52. The summed E-state index contributed by atoms with van der Waals surface area (Å²) in [6.07, 6.45) is 1.57. The lowest BCUT2D eigenvalue weighted by Gasteiger charge is -2.30. The van der Waals surface area contributed by atoms with Gasteiger partial charge in [0.05, 0.1) is 12.0 Å². The van der Waals surface area contributed by atoms with Gasteiger partial charge in [-0.25, -0.2) is 8.42 Å². The average molecular weight is 399 g/mol. The Morgan fingerprint density at radius 3 is 2.57 bits per heavy atom. The van der Waals surface area contributed by atoms with Crippen LogP contribution in [0.5, 0.6) is 5.75 Å². The molecule has 2 heterocycles. The van der Waals surface area contributed by atoms with E-state index in [-0.39, 0.29) is 5.92 Å². The molecule has 3 aromatic rings. The summed E-state index contributed by atoms with van der Waals surface area (Å²) in [6, 6.07) is 15.9. The molecule has 0 amide bonds. The highest BCUT2D eigenvalue weighted by molar-refractivity contribution is 7.89. The van der Waals surface area contributed by atoms with Crippen molar-refractivity contribution in [2.75, 3.05) is 20.2 Å². The van der Waals surface area contributed by atoms with Crippen molar-refractivity contribution in [3.8, 4) is 17.2 Å². The third kappa shape index (κ3) is 3.65. The van der Waals surface area contributed by atoms with Gasteiger partial charge >= 0.3 is 0 Å². The molecule has 1 fully saturated rings. The van der Waals surface area contributed by atoms with Crippen LogP contribution in [0.15, 0.2) is 64.0 Å². The van der Waals surface area contributed by atoms with Crippen LogP contribution in [-0.4, -0.2) is 43.1 Å². The molecule has 1 aliphatic rings. The summed E-state index contributed by atoms with van der Waals surface area (Å²) < 4.78 is 37.9. The van der Waals surface area contributed by atoms with Crippen molar-refractivity contribution < 1.29 is 17.7 Å².